The first-order valence-corrected chi connectivity index (χ1v) is 9.59. The fourth-order valence-electron chi connectivity index (χ4n) is 3.02. The Balaban J connectivity index is 1.83. The fraction of sp³-hybridized carbons (Fsp3) is 0.421. The van der Waals surface area contributed by atoms with E-state index in [1.807, 2.05) is 10.2 Å². The van der Waals surface area contributed by atoms with E-state index < -0.39 is 35.2 Å². The predicted octanol–water partition coefficient (Wildman–Crippen LogP) is 4.06. The number of carbonyl (C=O) groups is 1. The summed E-state index contributed by atoms with van der Waals surface area (Å²) in [6.07, 6.45) is -8.76. The van der Waals surface area contributed by atoms with Crippen LogP contribution in [0.3, 0.4) is 0 Å². The number of anilines is 4. The lowest BCUT2D eigenvalue weighted by atomic mass is 10.1. The number of amides is 2. The van der Waals surface area contributed by atoms with Crippen LogP contribution in [0.25, 0.3) is 0 Å². The highest BCUT2D eigenvalue weighted by Crippen LogP contribution is 2.37. The number of halogens is 6. The van der Waals surface area contributed by atoms with Gasteiger partial charge in [-0.3, -0.25) is 0 Å². The number of ether oxygens (including phenoxy) is 1. The molecular weight excluding hydrogens is 458 g/mol. The van der Waals surface area contributed by atoms with Crippen molar-refractivity contribution in [1.29, 1.82) is 0 Å². The number of urea groups is 1. The largest absolute Gasteiger partial charge is 0.416 e. The number of carbonyl (C=O) groups excluding carboxylic acids is 1. The maximum absolute atomic E-state index is 13.0. The number of nitrogens with one attached hydrogen (secondary N) is 2. The molecule has 8 nitrogen and oxygen atoms in total. The van der Waals surface area contributed by atoms with E-state index in [4.69, 9.17) is 4.74 Å². The van der Waals surface area contributed by atoms with Crippen LogP contribution in [0.1, 0.15) is 11.1 Å². The number of alkyl halides is 6. The van der Waals surface area contributed by atoms with Crippen molar-refractivity contribution in [2.75, 3.05) is 60.8 Å². The van der Waals surface area contributed by atoms with Crippen molar-refractivity contribution in [2.45, 2.75) is 12.4 Å². The zero-order valence-corrected chi connectivity index (χ0v) is 17.5. The molecule has 33 heavy (non-hydrogen) atoms. The lowest BCUT2D eigenvalue weighted by molar-refractivity contribution is -0.143. The second kappa shape index (κ2) is 9.29. The lowest BCUT2D eigenvalue weighted by Crippen LogP contribution is -2.37. The Kier molecular flexibility index (Phi) is 6.86. The minimum absolute atomic E-state index is 0.0224. The first-order valence-electron chi connectivity index (χ1n) is 9.59. The lowest BCUT2D eigenvalue weighted by Gasteiger charge is -2.28. The minimum Gasteiger partial charge on any atom is -0.378 e. The van der Waals surface area contributed by atoms with Crippen molar-refractivity contribution in [3.8, 4) is 0 Å². The standard InChI is InChI=1S/C19H20F6N6O2/c1-30(2)15-14(10-26-16(29-15)31-3-5-33-6-4-31)28-17(32)27-13-8-11(18(20,21)22)7-12(9-13)19(23,24)25/h7-10H,3-6H2,1-2H3,(H2,27,28,32). The van der Waals surface area contributed by atoms with Crippen LogP contribution >= 0.6 is 0 Å². The van der Waals surface area contributed by atoms with Gasteiger partial charge in [0, 0.05) is 32.9 Å². The molecule has 180 valence electrons. The van der Waals surface area contributed by atoms with Gasteiger partial charge in [-0.05, 0) is 18.2 Å². The van der Waals surface area contributed by atoms with Gasteiger partial charge in [-0.25, -0.2) is 9.78 Å². The summed E-state index contributed by atoms with van der Waals surface area (Å²) < 4.78 is 83.4. The second-order valence-electron chi connectivity index (χ2n) is 7.27. The van der Waals surface area contributed by atoms with Crippen LogP contribution in [-0.4, -0.2) is 56.4 Å². The van der Waals surface area contributed by atoms with E-state index in [1.54, 1.807) is 19.0 Å². The number of rotatable bonds is 4. The maximum atomic E-state index is 13.0. The molecule has 0 aliphatic carbocycles. The average molecular weight is 478 g/mol. The monoisotopic (exact) mass is 478 g/mol. The van der Waals surface area contributed by atoms with E-state index in [0.717, 1.165) is 0 Å². The normalized spacial score (nSPS) is 14.7. The molecule has 1 fully saturated rings. The third-order valence-electron chi connectivity index (χ3n) is 4.57. The van der Waals surface area contributed by atoms with Gasteiger partial charge >= 0.3 is 18.4 Å². The third kappa shape index (κ3) is 6.15. The molecule has 1 saturated heterocycles. The van der Waals surface area contributed by atoms with E-state index in [-0.39, 0.29) is 11.8 Å². The van der Waals surface area contributed by atoms with Crippen LogP contribution in [0.2, 0.25) is 0 Å². The average Bonchev–Trinajstić information content (AvgIpc) is 2.73. The molecule has 0 radical (unpaired) electrons. The van der Waals surface area contributed by atoms with E-state index in [2.05, 4.69) is 15.3 Å². The summed E-state index contributed by atoms with van der Waals surface area (Å²) in [4.78, 5) is 24.4. The molecule has 0 saturated carbocycles. The second-order valence-corrected chi connectivity index (χ2v) is 7.27. The molecule has 2 aromatic rings. The Hall–Kier alpha value is -3.29. The Morgan fingerprint density at radius 3 is 2.09 bits per heavy atom. The topological polar surface area (TPSA) is 82.6 Å². The highest BCUT2D eigenvalue weighted by Gasteiger charge is 2.37. The molecule has 0 bridgehead atoms. The summed E-state index contributed by atoms with van der Waals surface area (Å²) in [5.74, 6) is 0.683. The smallest absolute Gasteiger partial charge is 0.378 e. The maximum Gasteiger partial charge on any atom is 0.416 e. The van der Waals surface area contributed by atoms with Crippen molar-refractivity contribution in [1.82, 2.24) is 9.97 Å². The molecule has 1 aromatic carbocycles. The zero-order chi connectivity index (χ0) is 24.4. The molecule has 1 aliphatic heterocycles. The van der Waals surface area contributed by atoms with Crippen LogP contribution in [0.15, 0.2) is 24.4 Å². The fourth-order valence-corrected chi connectivity index (χ4v) is 3.02. The number of hydrogen-bond donors (Lipinski definition) is 2. The van der Waals surface area contributed by atoms with Gasteiger partial charge in [0.1, 0.15) is 5.69 Å². The van der Waals surface area contributed by atoms with E-state index in [9.17, 15) is 31.1 Å². The van der Waals surface area contributed by atoms with Gasteiger partial charge < -0.3 is 25.2 Å². The predicted molar refractivity (Wildman–Crippen MR) is 108 cm³/mol. The number of aromatic nitrogens is 2. The van der Waals surface area contributed by atoms with Crippen molar-refractivity contribution >= 4 is 29.2 Å². The third-order valence-corrected chi connectivity index (χ3v) is 4.57. The summed E-state index contributed by atoms with van der Waals surface area (Å²) in [6, 6.07) is -0.251. The van der Waals surface area contributed by atoms with Gasteiger partial charge in [0.15, 0.2) is 5.82 Å². The van der Waals surface area contributed by atoms with E-state index in [1.165, 1.54) is 6.20 Å². The number of nitrogens with zero attached hydrogens (tertiary/aromatic N) is 4. The van der Waals surface area contributed by atoms with Crippen LogP contribution < -0.4 is 20.4 Å². The Morgan fingerprint density at radius 1 is 1.00 bits per heavy atom. The van der Waals surface area contributed by atoms with Crippen molar-refractivity contribution in [3.05, 3.63) is 35.5 Å². The molecule has 0 unspecified atom stereocenters. The van der Waals surface area contributed by atoms with E-state index >= 15 is 0 Å². The van der Waals surface area contributed by atoms with Gasteiger partial charge in [-0.2, -0.15) is 31.3 Å². The molecule has 2 N–H and O–H groups in total. The zero-order valence-electron chi connectivity index (χ0n) is 17.5. The van der Waals surface area contributed by atoms with E-state index in [0.29, 0.717) is 50.2 Å². The van der Waals surface area contributed by atoms with Crippen molar-refractivity contribution < 1.29 is 35.9 Å². The first kappa shape index (κ1) is 24.4. The summed E-state index contributed by atoms with van der Waals surface area (Å²) in [5, 5.41) is 4.37. The van der Waals surface area contributed by atoms with Crippen LogP contribution in [-0.2, 0) is 17.1 Å². The highest BCUT2D eigenvalue weighted by molar-refractivity contribution is 6.01. The quantitative estimate of drug-likeness (QED) is 0.646. The molecule has 2 amide bonds. The van der Waals surface area contributed by atoms with Gasteiger partial charge in [-0.15, -0.1) is 0 Å². The van der Waals surface area contributed by atoms with Crippen LogP contribution in [0.5, 0.6) is 0 Å². The number of morpholine rings is 1. The molecule has 0 spiro atoms. The molecular formula is C19H20F6N6O2. The number of hydrogen-bond acceptors (Lipinski definition) is 6. The molecule has 1 aromatic heterocycles. The van der Waals surface area contributed by atoms with Crippen molar-refractivity contribution in [3.63, 3.8) is 0 Å². The van der Waals surface area contributed by atoms with Crippen LogP contribution in [0, 0.1) is 0 Å². The van der Waals surface area contributed by atoms with Crippen LogP contribution in [0.4, 0.5) is 54.3 Å². The van der Waals surface area contributed by atoms with Crippen molar-refractivity contribution in [2.24, 2.45) is 0 Å². The molecule has 14 heteroatoms. The minimum atomic E-state index is -5.03. The summed E-state index contributed by atoms with van der Waals surface area (Å²) in [5.41, 5.74) is -3.65. The highest BCUT2D eigenvalue weighted by atomic mass is 19.4. The molecule has 0 atom stereocenters. The molecule has 1 aliphatic rings. The van der Waals surface area contributed by atoms with Gasteiger partial charge in [0.2, 0.25) is 5.95 Å². The van der Waals surface area contributed by atoms with Gasteiger partial charge in [0.05, 0.1) is 30.5 Å². The summed E-state index contributed by atoms with van der Waals surface area (Å²) in [6.45, 7) is 2.13. The first-order chi connectivity index (χ1) is 15.3. The summed E-state index contributed by atoms with van der Waals surface area (Å²) in [7, 11) is 3.30. The summed E-state index contributed by atoms with van der Waals surface area (Å²) >= 11 is 0. The SMILES string of the molecule is CN(C)c1nc(N2CCOCC2)ncc1NC(=O)Nc1cc(C(F)(F)F)cc(C(F)(F)F)c1. The van der Waals surface area contributed by atoms with Gasteiger partial charge in [0.25, 0.3) is 0 Å². The Morgan fingerprint density at radius 2 is 1.58 bits per heavy atom. The Bertz CT molecular complexity index is 973. The molecule has 2 heterocycles. The number of benzene rings is 1. The Labute approximate surface area is 184 Å². The van der Waals surface area contributed by atoms with Gasteiger partial charge in [-0.1, -0.05) is 0 Å². The molecule has 3 rings (SSSR count).